The molecule has 2 aliphatic heterocycles. The van der Waals surface area contributed by atoms with Gasteiger partial charge in [0.1, 0.15) is 0 Å². The zero-order valence-electron chi connectivity index (χ0n) is 16.6. The van der Waals surface area contributed by atoms with Crippen LogP contribution in [-0.4, -0.2) is 74.2 Å². The van der Waals surface area contributed by atoms with Crippen molar-refractivity contribution in [3.63, 3.8) is 0 Å². The highest BCUT2D eigenvalue weighted by molar-refractivity contribution is 14.0. The first kappa shape index (κ1) is 23.0. The number of hydrogen-bond donors (Lipinski definition) is 2. The lowest BCUT2D eigenvalue weighted by Crippen LogP contribution is -2.41. The average molecular weight is 465 g/mol. The summed E-state index contributed by atoms with van der Waals surface area (Å²) in [5.74, 6) is 1.73. The standard InChI is InChI=1S/C19H39N5.HI/c1-4-20-19(22-15-18-10-14-23(5-2)16-18)21-11-8-13-24-12-7-6-9-17(24)3;/h17-18H,4-16H2,1-3H3,(H2,20,21,22);1H. The number of rotatable bonds is 8. The highest BCUT2D eigenvalue weighted by Gasteiger charge is 2.20. The van der Waals surface area contributed by atoms with Gasteiger partial charge in [0.05, 0.1) is 0 Å². The van der Waals surface area contributed by atoms with Gasteiger partial charge in [-0.05, 0) is 65.1 Å². The van der Waals surface area contributed by atoms with Gasteiger partial charge >= 0.3 is 0 Å². The predicted octanol–water partition coefficient (Wildman–Crippen LogP) is 2.77. The molecule has 2 saturated heterocycles. The van der Waals surface area contributed by atoms with Crippen LogP contribution < -0.4 is 10.6 Å². The van der Waals surface area contributed by atoms with Crippen molar-refractivity contribution in [2.75, 3.05) is 52.4 Å². The quantitative estimate of drug-likeness (QED) is 0.251. The van der Waals surface area contributed by atoms with Crippen LogP contribution in [0.2, 0.25) is 0 Å². The highest BCUT2D eigenvalue weighted by atomic mass is 127. The van der Waals surface area contributed by atoms with Crippen molar-refractivity contribution in [3.8, 4) is 0 Å². The summed E-state index contributed by atoms with van der Waals surface area (Å²) in [5.41, 5.74) is 0. The Morgan fingerprint density at radius 3 is 2.64 bits per heavy atom. The largest absolute Gasteiger partial charge is 0.357 e. The van der Waals surface area contributed by atoms with Gasteiger partial charge in [0.15, 0.2) is 5.96 Å². The number of aliphatic imine (C=N–C) groups is 1. The summed E-state index contributed by atoms with van der Waals surface area (Å²) in [4.78, 5) is 9.99. The van der Waals surface area contributed by atoms with E-state index in [0.29, 0.717) is 0 Å². The smallest absolute Gasteiger partial charge is 0.191 e. The molecule has 0 aromatic rings. The van der Waals surface area contributed by atoms with Gasteiger partial charge in [-0.15, -0.1) is 24.0 Å². The van der Waals surface area contributed by atoms with Crippen molar-refractivity contribution < 1.29 is 0 Å². The number of nitrogens with one attached hydrogen (secondary N) is 2. The van der Waals surface area contributed by atoms with Crippen LogP contribution in [0.1, 0.15) is 52.9 Å². The molecule has 2 rings (SSSR count). The third-order valence-electron chi connectivity index (χ3n) is 5.52. The van der Waals surface area contributed by atoms with Gasteiger partial charge in [0.2, 0.25) is 0 Å². The van der Waals surface area contributed by atoms with Crippen LogP contribution >= 0.6 is 24.0 Å². The molecule has 0 bridgehead atoms. The van der Waals surface area contributed by atoms with Crippen molar-refractivity contribution in [1.82, 2.24) is 20.4 Å². The Hall–Kier alpha value is -0.0800. The molecule has 2 heterocycles. The van der Waals surface area contributed by atoms with Crippen molar-refractivity contribution in [2.45, 2.75) is 58.9 Å². The Kier molecular flexibility index (Phi) is 12.1. The Labute approximate surface area is 172 Å². The zero-order chi connectivity index (χ0) is 17.2. The van der Waals surface area contributed by atoms with Gasteiger partial charge < -0.3 is 20.4 Å². The molecule has 2 N–H and O–H groups in total. The van der Waals surface area contributed by atoms with Gasteiger partial charge in [-0.1, -0.05) is 13.3 Å². The minimum Gasteiger partial charge on any atom is -0.357 e. The van der Waals surface area contributed by atoms with E-state index in [2.05, 4.69) is 41.2 Å². The van der Waals surface area contributed by atoms with Crippen LogP contribution in [0.4, 0.5) is 0 Å². The molecule has 2 unspecified atom stereocenters. The maximum absolute atomic E-state index is 4.82. The number of halogens is 1. The third kappa shape index (κ3) is 8.43. The second-order valence-corrected chi connectivity index (χ2v) is 7.43. The Morgan fingerprint density at radius 2 is 1.96 bits per heavy atom. The fourth-order valence-corrected chi connectivity index (χ4v) is 3.89. The molecule has 2 aliphatic rings. The van der Waals surface area contributed by atoms with Crippen molar-refractivity contribution in [3.05, 3.63) is 0 Å². The monoisotopic (exact) mass is 465 g/mol. The average Bonchev–Trinajstić information content (AvgIpc) is 3.06. The maximum Gasteiger partial charge on any atom is 0.191 e. The SMILES string of the molecule is CCNC(=NCC1CCN(CC)C1)NCCCN1CCCCC1C.I. The number of nitrogens with zero attached hydrogens (tertiary/aromatic N) is 3. The Morgan fingerprint density at radius 1 is 1.12 bits per heavy atom. The molecule has 0 amide bonds. The van der Waals surface area contributed by atoms with Crippen LogP contribution in [0.5, 0.6) is 0 Å². The van der Waals surface area contributed by atoms with E-state index in [9.17, 15) is 0 Å². The third-order valence-corrected chi connectivity index (χ3v) is 5.52. The topological polar surface area (TPSA) is 42.9 Å². The number of piperidine rings is 1. The first-order valence-corrected chi connectivity index (χ1v) is 10.2. The first-order chi connectivity index (χ1) is 11.7. The van der Waals surface area contributed by atoms with Crippen LogP contribution in [0.15, 0.2) is 4.99 Å². The second kappa shape index (κ2) is 13.1. The minimum absolute atomic E-state index is 0. The second-order valence-electron chi connectivity index (χ2n) is 7.43. The summed E-state index contributed by atoms with van der Waals surface area (Å²) in [6.45, 7) is 15.8. The lowest BCUT2D eigenvalue weighted by atomic mass is 10.0. The molecule has 6 heteroatoms. The van der Waals surface area contributed by atoms with Crippen LogP contribution in [0.3, 0.4) is 0 Å². The van der Waals surface area contributed by atoms with Crippen molar-refractivity contribution in [2.24, 2.45) is 10.9 Å². The molecule has 0 spiro atoms. The van der Waals surface area contributed by atoms with Crippen LogP contribution in [0.25, 0.3) is 0 Å². The van der Waals surface area contributed by atoms with E-state index in [-0.39, 0.29) is 24.0 Å². The molecular formula is C19H40IN5. The van der Waals surface area contributed by atoms with E-state index in [4.69, 9.17) is 4.99 Å². The van der Waals surface area contributed by atoms with E-state index < -0.39 is 0 Å². The molecule has 148 valence electrons. The lowest BCUT2D eigenvalue weighted by Gasteiger charge is -2.33. The molecule has 25 heavy (non-hydrogen) atoms. The molecular weight excluding hydrogens is 425 g/mol. The fourth-order valence-electron chi connectivity index (χ4n) is 3.89. The van der Waals surface area contributed by atoms with Crippen LogP contribution in [0, 0.1) is 5.92 Å². The number of likely N-dealkylation sites (tertiary alicyclic amines) is 2. The predicted molar refractivity (Wildman–Crippen MR) is 119 cm³/mol. The summed E-state index contributed by atoms with van der Waals surface area (Å²) in [6, 6.07) is 0.768. The van der Waals surface area contributed by atoms with E-state index in [0.717, 1.165) is 37.6 Å². The molecule has 0 radical (unpaired) electrons. The minimum atomic E-state index is 0. The molecule has 0 saturated carbocycles. The van der Waals surface area contributed by atoms with Gasteiger partial charge in [-0.3, -0.25) is 4.99 Å². The van der Waals surface area contributed by atoms with Crippen molar-refractivity contribution in [1.29, 1.82) is 0 Å². The van der Waals surface area contributed by atoms with Crippen LogP contribution in [-0.2, 0) is 0 Å². The van der Waals surface area contributed by atoms with E-state index in [1.807, 2.05) is 0 Å². The summed E-state index contributed by atoms with van der Waals surface area (Å²) in [7, 11) is 0. The number of hydrogen-bond acceptors (Lipinski definition) is 3. The molecule has 5 nitrogen and oxygen atoms in total. The molecule has 0 aliphatic carbocycles. The van der Waals surface area contributed by atoms with Crippen molar-refractivity contribution >= 4 is 29.9 Å². The van der Waals surface area contributed by atoms with Gasteiger partial charge in [-0.2, -0.15) is 0 Å². The Bertz CT molecular complexity index is 377. The molecule has 2 atom stereocenters. The first-order valence-electron chi connectivity index (χ1n) is 10.2. The van der Waals surface area contributed by atoms with E-state index in [1.54, 1.807) is 0 Å². The maximum atomic E-state index is 4.82. The molecule has 2 fully saturated rings. The lowest BCUT2D eigenvalue weighted by molar-refractivity contribution is 0.159. The zero-order valence-corrected chi connectivity index (χ0v) is 18.9. The fraction of sp³-hybridized carbons (Fsp3) is 0.947. The summed E-state index contributed by atoms with van der Waals surface area (Å²) < 4.78 is 0. The number of guanidine groups is 1. The highest BCUT2D eigenvalue weighted by Crippen LogP contribution is 2.16. The molecule has 0 aromatic carbocycles. The summed E-state index contributed by atoms with van der Waals surface area (Å²) >= 11 is 0. The van der Waals surface area contributed by atoms with E-state index in [1.165, 1.54) is 64.8 Å². The van der Waals surface area contributed by atoms with E-state index >= 15 is 0 Å². The summed E-state index contributed by atoms with van der Waals surface area (Å²) in [6.07, 6.45) is 6.64. The normalized spacial score (nSPS) is 25.6. The van der Waals surface area contributed by atoms with Gasteiger partial charge in [-0.25, -0.2) is 0 Å². The summed E-state index contributed by atoms with van der Waals surface area (Å²) in [5, 5.41) is 6.91. The van der Waals surface area contributed by atoms with Gasteiger partial charge in [0, 0.05) is 38.8 Å². The van der Waals surface area contributed by atoms with Gasteiger partial charge in [0.25, 0.3) is 0 Å². The molecule has 0 aromatic heterocycles. The Balaban J connectivity index is 0.00000312.